The minimum Gasteiger partial charge on any atom is -0.348 e. The van der Waals surface area contributed by atoms with Gasteiger partial charge in [-0.15, -0.1) is 0 Å². The lowest BCUT2D eigenvalue weighted by Crippen LogP contribution is -2.25. The molecule has 0 aromatic carbocycles. The highest BCUT2D eigenvalue weighted by Gasteiger charge is 2.13. The molecule has 0 bridgehead atoms. The van der Waals surface area contributed by atoms with Gasteiger partial charge in [0.15, 0.2) is 0 Å². The van der Waals surface area contributed by atoms with Gasteiger partial charge in [-0.25, -0.2) is 4.98 Å². The molecule has 1 fully saturated rings. The van der Waals surface area contributed by atoms with Crippen molar-refractivity contribution < 1.29 is 0 Å². The molecule has 0 spiro atoms. The number of aromatic nitrogens is 2. The van der Waals surface area contributed by atoms with Crippen LogP contribution in [0.25, 0.3) is 0 Å². The van der Waals surface area contributed by atoms with Crippen molar-refractivity contribution in [1.29, 1.82) is 0 Å². The first-order valence-electron chi connectivity index (χ1n) is 4.67. The largest absolute Gasteiger partial charge is 0.348 e. The highest BCUT2D eigenvalue weighted by Crippen LogP contribution is 2.17. The molecule has 1 aromatic heterocycles. The van der Waals surface area contributed by atoms with E-state index in [2.05, 4.69) is 15.3 Å². The molecule has 0 atom stereocenters. The predicted molar refractivity (Wildman–Crippen MR) is 47.7 cm³/mol. The van der Waals surface area contributed by atoms with E-state index in [9.17, 15) is 0 Å². The van der Waals surface area contributed by atoms with Crippen LogP contribution in [-0.2, 0) is 6.54 Å². The van der Waals surface area contributed by atoms with Crippen LogP contribution in [0.15, 0.2) is 12.4 Å². The molecular weight excluding hydrogens is 150 g/mol. The Kier molecular flexibility index (Phi) is 2.42. The first-order chi connectivity index (χ1) is 5.95. The zero-order valence-corrected chi connectivity index (χ0v) is 7.21. The summed E-state index contributed by atoms with van der Waals surface area (Å²) in [6.07, 6.45) is 9.10. The molecule has 0 saturated heterocycles. The molecule has 3 heteroatoms. The molecular formula is C9H15N3. The maximum atomic E-state index is 4.16. The Labute approximate surface area is 72.6 Å². The number of imidazole rings is 1. The van der Waals surface area contributed by atoms with Crippen LogP contribution in [0.1, 0.15) is 31.5 Å². The molecule has 0 amide bonds. The fourth-order valence-corrected chi connectivity index (χ4v) is 1.77. The lowest BCUT2D eigenvalue weighted by Gasteiger charge is -2.09. The Morgan fingerprint density at radius 2 is 2.33 bits per heavy atom. The summed E-state index contributed by atoms with van der Waals surface area (Å²) in [6.45, 7) is 0.887. The Bertz CT molecular complexity index is 212. The second-order valence-corrected chi connectivity index (χ2v) is 3.40. The molecule has 1 heterocycles. The van der Waals surface area contributed by atoms with Crippen molar-refractivity contribution in [1.82, 2.24) is 15.3 Å². The lowest BCUT2D eigenvalue weighted by atomic mass is 10.2. The predicted octanol–water partition coefficient (Wildman–Crippen LogP) is 1.44. The first kappa shape index (κ1) is 7.80. The zero-order chi connectivity index (χ0) is 8.23. The smallest absolute Gasteiger partial charge is 0.120 e. The SMILES string of the molecule is c1c[nH]c(CNC2CCCC2)n1. The Morgan fingerprint density at radius 1 is 1.50 bits per heavy atom. The normalized spacial score (nSPS) is 18.7. The summed E-state index contributed by atoms with van der Waals surface area (Å²) in [6, 6.07) is 0.732. The summed E-state index contributed by atoms with van der Waals surface area (Å²) in [7, 11) is 0. The van der Waals surface area contributed by atoms with Crippen molar-refractivity contribution in [2.24, 2.45) is 0 Å². The number of H-pyrrole nitrogens is 1. The van der Waals surface area contributed by atoms with E-state index in [1.54, 1.807) is 6.20 Å². The fraction of sp³-hybridized carbons (Fsp3) is 0.667. The van der Waals surface area contributed by atoms with Gasteiger partial charge in [-0.1, -0.05) is 12.8 Å². The summed E-state index contributed by atoms with van der Waals surface area (Å²) in [5, 5.41) is 3.49. The van der Waals surface area contributed by atoms with E-state index < -0.39 is 0 Å². The summed E-state index contributed by atoms with van der Waals surface area (Å²) < 4.78 is 0. The second kappa shape index (κ2) is 3.72. The van der Waals surface area contributed by atoms with Gasteiger partial charge >= 0.3 is 0 Å². The number of hydrogen-bond acceptors (Lipinski definition) is 2. The number of rotatable bonds is 3. The van der Waals surface area contributed by atoms with Crippen molar-refractivity contribution in [3.63, 3.8) is 0 Å². The maximum absolute atomic E-state index is 4.16. The van der Waals surface area contributed by atoms with Crippen LogP contribution in [0.5, 0.6) is 0 Å². The van der Waals surface area contributed by atoms with Crippen molar-refractivity contribution in [2.45, 2.75) is 38.3 Å². The third-order valence-electron chi connectivity index (χ3n) is 2.47. The number of nitrogens with zero attached hydrogens (tertiary/aromatic N) is 1. The van der Waals surface area contributed by atoms with Crippen molar-refractivity contribution in [3.8, 4) is 0 Å². The Hall–Kier alpha value is -0.830. The van der Waals surface area contributed by atoms with Crippen LogP contribution in [0.2, 0.25) is 0 Å². The Balaban J connectivity index is 1.74. The number of nitrogens with one attached hydrogen (secondary N) is 2. The molecule has 1 aliphatic carbocycles. The lowest BCUT2D eigenvalue weighted by molar-refractivity contribution is 0.515. The molecule has 0 aliphatic heterocycles. The van der Waals surface area contributed by atoms with E-state index in [1.165, 1.54) is 25.7 Å². The van der Waals surface area contributed by atoms with Gasteiger partial charge in [-0.3, -0.25) is 0 Å². The molecule has 3 nitrogen and oxygen atoms in total. The summed E-state index contributed by atoms with van der Waals surface area (Å²) in [5.74, 6) is 1.04. The third-order valence-corrected chi connectivity index (χ3v) is 2.47. The van der Waals surface area contributed by atoms with E-state index in [0.717, 1.165) is 18.4 Å². The minimum absolute atomic E-state index is 0.732. The van der Waals surface area contributed by atoms with Gasteiger partial charge in [-0.2, -0.15) is 0 Å². The molecule has 1 saturated carbocycles. The van der Waals surface area contributed by atoms with Crippen molar-refractivity contribution in [2.75, 3.05) is 0 Å². The maximum Gasteiger partial charge on any atom is 0.120 e. The fourth-order valence-electron chi connectivity index (χ4n) is 1.77. The molecule has 2 N–H and O–H groups in total. The molecule has 12 heavy (non-hydrogen) atoms. The van der Waals surface area contributed by atoms with Crippen molar-refractivity contribution >= 4 is 0 Å². The van der Waals surface area contributed by atoms with Gasteiger partial charge in [0.25, 0.3) is 0 Å². The molecule has 2 rings (SSSR count). The monoisotopic (exact) mass is 165 g/mol. The van der Waals surface area contributed by atoms with Crippen LogP contribution in [-0.4, -0.2) is 16.0 Å². The second-order valence-electron chi connectivity index (χ2n) is 3.40. The van der Waals surface area contributed by atoms with E-state index >= 15 is 0 Å². The summed E-state index contributed by atoms with van der Waals surface area (Å²) in [5.41, 5.74) is 0. The third kappa shape index (κ3) is 1.85. The summed E-state index contributed by atoms with van der Waals surface area (Å²) in [4.78, 5) is 7.25. The quantitative estimate of drug-likeness (QED) is 0.711. The summed E-state index contributed by atoms with van der Waals surface area (Å²) >= 11 is 0. The standard InChI is InChI=1S/C9H15N3/c1-2-4-8(3-1)12-7-9-10-5-6-11-9/h5-6,8,12H,1-4,7H2,(H,10,11). The van der Waals surface area contributed by atoms with E-state index in [0.29, 0.717) is 0 Å². The minimum atomic E-state index is 0.732. The van der Waals surface area contributed by atoms with Gasteiger partial charge in [0, 0.05) is 18.4 Å². The Morgan fingerprint density at radius 3 is 3.00 bits per heavy atom. The zero-order valence-electron chi connectivity index (χ0n) is 7.21. The van der Waals surface area contributed by atoms with Gasteiger partial charge < -0.3 is 10.3 Å². The number of hydrogen-bond donors (Lipinski definition) is 2. The molecule has 66 valence electrons. The van der Waals surface area contributed by atoms with E-state index in [-0.39, 0.29) is 0 Å². The van der Waals surface area contributed by atoms with Crippen LogP contribution < -0.4 is 5.32 Å². The van der Waals surface area contributed by atoms with Gasteiger partial charge in [0.05, 0.1) is 6.54 Å². The molecule has 1 aromatic rings. The van der Waals surface area contributed by atoms with E-state index in [4.69, 9.17) is 0 Å². The van der Waals surface area contributed by atoms with Gasteiger partial charge in [-0.05, 0) is 12.8 Å². The first-order valence-corrected chi connectivity index (χ1v) is 4.67. The van der Waals surface area contributed by atoms with Crippen LogP contribution >= 0.6 is 0 Å². The van der Waals surface area contributed by atoms with Gasteiger partial charge in [0.2, 0.25) is 0 Å². The molecule has 0 radical (unpaired) electrons. The van der Waals surface area contributed by atoms with Gasteiger partial charge in [0.1, 0.15) is 5.82 Å². The highest BCUT2D eigenvalue weighted by molar-refractivity contribution is 4.87. The van der Waals surface area contributed by atoms with Crippen LogP contribution in [0.3, 0.4) is 0 Å². The average Bonchev–Trinajstić information content (AvgIpc) is 2.74. The highest BCUT2D eigenvalue weighted by atomic mass is 15.0. The van der Waals surface area contributed by atoms with Crippen LogP contribution in [0.4, 0.5) is 0 Å². The molecule has 1 aliphatic rings. The van der Waals surface area contributed by atoms with E-state index in [1.807, 2.05) is 6.20 Å². The number of aromatic amines is 1. The topological polar surface area (TPSA) is 40.7 Å². The van der Waals surface area contributed by atoms with Crippen molar-refractivity contribution in [3.05, 3.63) is 18.2 Å². The molecule has 0 unspecified atom stereocenters. The average molecular weight is 165 g/mol. The van der Waals surface area contributed by atoms with Crippen LogP contribution in [0, 0.1) is 0 Å².